The molecular formula is C40H26. The van der Waals surface area contributed by atoms with Gasteiger partial charge in [-0.3, -0.25) is 0 Å². The maximum absolute atomic E-state index is 2.37. The highest BCUT2D eigenvalue weighted by Gasteiger charge is 2.13. The van der Waals surface area contributed by atoms with E-state index < -0.39 is 0 Å². The van der Waals surface area contributed by atoms with E-state index in [1.165, 1.54) is 76.5 Å². The maximum atomic E-state index is 2.37. The molecule has 0 heterocycles. The highest BCUT2D eigenvalue weighted by molar-refractivity contribution is 6.14. The molecule has 8 aromatic rings. The standard InChI is InChI=1S/C40H26/c1-2-10-29(11-3-1)40-38-21-20-34(32-16-14-27-8-4-6-12-30(27)22-32)24-37(38)25-36-19-18-35(26-39(36)40)33-17-15-28-9-5-7-13-31(28)23-33/h1-26H. The zero-order chi connectivity index (χ0) is 26.5. The minimum absolute atomic E-state index is 1.24. The first-order valence-electron chi connectivity index (χ1n) is 13.8. The highest BCUT2D eigenvalue weighted by atomic mass is 14.2. The SMILES string of the molecule is c1ccc(-c2c3ccc(-c4ccc5ccccc5c4)cc3cc3ccc(-c4ccc5ccccc5c4)cc23)cc1. The Kier molecular flexibility index (Phi) is 5.24. The topological polar surface area (TPSA) is 0 Å². The minimum atomic E-state index is 1.24. The quantitative estimate of drug-likeness (QED) is 0.209. The number of benzene rings is 8. The Morgan fingerprint density at radius 3 is 1.32 bits per heavy atom. The van der Waals surface area contributed by atoms with Crippen molar-refractivity contribution in [2.45, 2.75) is 0 Å². The van der Waals surface area contributed by atoms with Crippen molar-refractivity contribution in [2.75, 3.05) is 0 Å². The molecule has 0 aromatic heterocycles. The number of rotatable bonds is 3. The summed E-state index contributed by atoms with van der Waals surface area (Å²) < 4.78 is 0. The lowest BCUT2D eigenvalue weighted by atomic mass is 9.88. The van der Waals surface area contributed by atoms with Gasteiger partial charge in [0, 0.05) is 0 Å². The third kappa shape index (κ3) is 3.85. The van der Waals surface area contributed by atoms with E-state index in [1.54, 1.807) is 0 Å². The largest absolute Gasteiger partial charge is 0.0622 e. The van der Waals surface area contributed by atoms with Crippen LogP contribution in [0.5, 0.6) is 0 Å². The molecule has 0 N–H and O–H groups in total. The van der Waals surface area contributed by atoms with E-state index in [9.17, 15) is 0 Å². The predicted molar refractivity (Wildman–Crippen MR) is 173 cm³/mol. The second-order valence-corrected chi connectivity index (χ2v) is 10.6. The number of hydrogen-bond donors (Lipinski definition) is 0. The molecule has 0 radical (unpaired) electrons. The monoisotopic (exact) mass is 506 g/mol. The fourth-order valence-corrected chi connectivity index (χ4v) is 6.13. The third-order valence-corrected chi connectivity index (χ3v) is 8.18. The van der Waals surface area contributed by atoms with Gasteiger partial charge >= 0.3 is 0 Å². The molecule has 0 aliphatic carbocycles. The summed E-state index contributed by atoms with van der Waals surface area (Å²) in [6.07, 6.45) is 0. The van der Waals surface area contributed by atoms with Gasteiger partial charge in [-0.1, -0.05) is 127 Å². The Morgan fingerprint density at radius 1 is 0.225 bits per heavy atom. The molecule has 0 spiro atoms. The average Bonchev–Trinajstić information content (AvgIpc) is 3.03. The molecule has 8 aromatic carbocycles. The van der Waals surface area contributed by atoms with E-state index in [0.29, 0.717) is 0 Å². The molecule has 0 atom stereocenters. The summed E-state index contributed by atoms with van der Waals surface area (Å²) in [5.41, 5.74) is 7.50. The Bertz CT molecular complexity index is 2200. The first-order valence-corrected chi connectivity index (χ1v) is 13.8. The fraction of sp³-hybridized carbons (Fsp3) is 0. The van der Waals surface area contributed by atoms with E-state index in [2.05, 4.69) is 158 Å². The van der Waals surface area contributed by atoms with Crippen LogP contribution in [0.25, 0.3) is 76.5 Å². The van der Waals surface area contributed by atoms with Crippen LogP contribution in [-0.2, 0) is 0 Å². The molecule has 0 unspecified atom stereocenters. The smallest absolute Gasteiger partial charge is 0.00266 e. The molecular weight excluding hydrogens is 480 g/mol. The molecule has 0 saturated carbocycles. The van der Waals surface area contributed by atoms with E-state index in [4.69, 9.17) is 0 Å². The Morgan fingerprint density at radius 2 is 0.700 bits per heavy atom. The Balaban J connectivity index is 1.34. The summed E-state index contributed by atoms with van der Waals surface area (Å²) in [6, 6.07) is 57.7. The number of hydrogen-bond acceptors (Lipinski definition) is 0. The van der Waals surface area contributed by atoms with Crippen molar-refractivity contribution in [1.29, 1.82) is 0 Å². The van der Waals surface area contributed by atoms with Gasteiger partial charge in [-0.25, -0.2) is 0 Å². The predicted octanol–water partition coefficient (Wildman–Crippen LogP) is 11.3. The van der Waals surface area contributed by atoms with Gasteiger partial charge in [-0.05, 0) is 107 Å². The van der Waals surface area contributed by atoms with Gasteiger partial charge in [0.2, 0.25) is 0 Å². The summed E-state index contributed by atoms with van der Waals surface area (Å²) >= 11 is 0. The van der Waals surface area contributed by atoms with Crippen LogP contribution >= 0.6 is 0 Å². The normalized spacial score (nSPS) is 11.5. The summed E-state index contributed by atoms with van der Waals surface area (Å²) in [5.74, 6) is 0. The van der Waals surface area contributed by atoms with E-state index in [1.807, 2.05) is 0 Å². The van der Waals surface area contributed by atoms with Gasteiger partial charge in [-0.2, -0.15) is 0 Å². The molecule has 0 aliphatic heterocycles. The molecule has 0 amide bonds. The first-order chi connectivity index (χ1) is 19.8. The van der Waals surface area contributed by atoms with E-state index in [-0.39, 0.29) is 0 Å². The van der Waals surface area contributed by atoms with Crippen molar-refractivity contribution in [2.24, 2.45) is 0 Å². The molecule has 40 heavy (non-hydrogen) atoms. The Labute approximate surface area is 233 Å². The zero-order valence-electron chi connectivity index (χ0n) is 22.0. The molecule has 0 nitrogen and oxygen atoms in total. The summed E-state index contributed by atoms with van der Waals surface area (Å²) in [5, 5.41) is 10.1. The van der Waals surface area contributed by atoms with Crippen LogP contribution < -0.4 is 0 Å². The van der Waals surface area contributed by atoms with Crippen LogP contribution in [-0.4, -0.2) is 0 Å². The molecule has 0 heteroatoms. The first kappa shape index (κ1) is 22.8. The fourth-order valence-electron chi connectivity index (χ4n) is 6.13. The van der Waals surface area contributed by atoms with Crippen molar-refractivity contribution in [3.63, 3.8) is 0 Å². The lowest BCUT2D eigenvalue weighted by Gasteiger charge is -2.15. The average molecular weight is 507 g/mol. The maximum Gasteiger partial charge on any atom is -0.00266 e. The van der Waals surface area contributed by atoms with Crippen LogP contribution in [0.15, 0.2) is 158 Å². The molecule has 8 rings (SSSR count). The van der Waals surface area contributed by atoms with Crippen LogP contribution in [0.1, 0.15) is 0 Å². The van der Waals surface area contributed by atoms with E-state index >= 15 is 0 Å². The van der Waals surface area contributed by atoms with Crippen molar-refractivity contribution in [1.82, 2.24) is 0 Å². The van der Waals surface area contributed by atoms with Crippen LogP contribution in [0.2, 0.25) is 0 Å². The highest BCUT2D eigenvalue weighted by Crippen LogP contribution is 2.40. The third-order valence-electron chi connectivity index (χ3n) is 8.18. The van der Waals surface area contributed by atoms with Crippen LogP contribution in [0.3, 0.4) is 0 Å². The second-order valence-electron chi connectivity index (χ2n) is 10.6. The summed E-state index contributed by atoms with van der Waals surface area (Å²) in [4.78, 5) is 0. The van der Waals surface area contributed by atoms with Gasteiger partial charge < -0.3 is 0 Å². The molecule has 0 bridgehead atoms. The van der Waals surface area contributed by atoms with Gasteiger partial charge in [-0.15, -0.1) is 0 Å². The molecule has 0 fully saturated rings. The molecule has 186 valence electrons. The van der Waals surface area contributed by atoms with Gasteiger partial charge in [0.25, 0.3) is 0 Å². The Hall–Kier alpha value is -5.20. The summed E-state index contributed by atoms with van der Waals surface area (Å²) in [7, 11) is 0. The van der Waals surface area contributed by atoms with Crippen molar-refractivity contribution in [3.8, 4) is 33.4 Å². The van der Waals surface area contributed by atoms with Crippen molar-refractivity contribution >= 4 is 43.1 Å². The summed E-state index contributed by atoms with van der Waals surface area (Å²) in [6.45, 7) is 0. The lowest BCUT2D eigenvalue weighted by Crippen LogP contribution is -1.88. The molecule has 0 saturated heterocycles. The van der Waals surface area contributed by atoms with Crippen LogP contribution in [0, 0.1) is 0 Å². The van der Waals surface area contributed by atoms with Gasteiger partial charge in [0.15, 0.2) is 0 Å². The van der Waals surface area contributed by atoms with E-state index in [0.717, 1.165) is 0 Å². The lowest BCUT2D eigenvalue weighted by molar-refractivity contribution is 1.65. The minimum Gasteiger partial charge on any atom is -0.0622 e. The zero-order valence-corrected chi connectivity index (χ0v) is 22.0. The van der Waals surface area contributed by atoms with Crippen molar-refractivity contribution < 1.29 is 0 Å². The van der Waals surface area contributed by atoms with Crippen molar-refractivity contribution in [3.05, 3.63) is 158 Å². The van der Waals surface area contributed by atoms with Gasteiger partial charge in [0.1, 0.15) is 0 Å². The van der Waals surface area contributed by atoms with Gasteiger partial charge in [0.05, 0.1) is 0 Å². The van der Waals surface area contributed by atoms with Crippen LogP contribution in [0.4, 0.5) is 0 Å². The molecule has 0 aliphatic rings. The second kappa shape index (κ2) is 9.22. The number of fused-ring (bicyclic) bond motifs is 4.